The molecule has 2 aromatic rings. The number of imide groups is 1. The van der Waals surface area contributed by atoms with Crippen molar-refractivity contribution in [2.24, 2.45) is 0 Å². The number of furan rings is 1. The first-order valence-electron chi connectivity index (χ1n) is 11.0. The minimum atomic E-state index is -1.35. The van der Waals surface area contributed by atoms with Crippen LogP contribution in [0.3, 0.4) is 0 Å². The molecule has 2 atom stereocenters. The van der Waals surface area contributed by atoms with E-state index >= 15 is 0 Å². The van der Waals surface area contributed by atoms with E-state index in [2.05, 4.69) is 5.32 Å². The molecule has 3 aliphatic rings. The van der Waals surface area contributed by atoms with Gasteiger partial charge in [0.2, 0.25) is 12.0 Å². The fraction of sp³-hybridized carbons (Fsp3) is 0.391. The van der Waals surface area contributed by atoms with Crippen LogP contribution in [0.25, 0.3) is 0 Å². The number of hydrogen-bond acceptors (Lipinski definition) is 7. The van der Waals surface area contributed by atoms with Crippen molar-refractivity contribution in [2.75, 3.05) is 39.3 Å². The van der Waals surface area contributed by atoms with E-state index in [1.165, 1.54) is 13.2 Å². The molecule has 0 saturated carbocycles. The van der Waals surface area contributed by atoms with Crippen molar-refractivity contribution < 1.29 is 33.1 Å². The molecule has 0 aliphatic carbocycles. The van der Waals surface area contributed by atoms with Crippen molar-refractivity contribution in [3.63, 3.8) is 0 Å². The predicted molar refractivity (Wildman–Crippen MR) is 116 cm³/mol. The molecule has 178 valence electrons. The molecule has 0 bridgehead atoms. The van der Waals surface area contributed by atoms with Crippen LogP contribution >= 0.6 is 0 Å². The van der Waals surface area contributed by atoms with E-state index in [1.807, 2.05) is 12.1 Å². The minimum absolute atomic E-state index is 0.121. The van der Waals surface area contributed by atoms with Crippen molar-refractivity contribution >= 4 is 23.8 Å². The SMILES string of the molecule is C[C@]1(c2ccco2)NC(=O)N(CC(=O)N2CCN(C(=O)[C@@H]3COc4ccccc4O3)CC2)C1=O. The van der Waals surface area contributed by atoms with Gasteiger partial charge in [-0.3, -0.25) is 19.3 Å². The molecule has 4 heterocycles. The molecular formula is C23H24N4O7. The molecule has 0 spiro atoms. The first-order chi connectivity index (χ1) is 16.4. The van der Waals surface area contributed by atoms with E-state index in [4.69, 9.17) is 13.9 Å². The zero-order chi connectivity index (χ0) is 23.9. The highest BCUT2D eigenvalue weighted by atomic mass is 16.6. The Morgan fingerprint density at radius 3 is 2.44 bits per heavy atom. The third kappa shape index (κ3) is 3.72. The van der Waals surface area contributed by atoms with Gasteiger partial charge in [0.15, 0.2) is 17.0 Å². The summed E-state index contributed by atoms with van der Waals surface area (Å²) in [4.78, 5) is 55.1. The van der Waals surface area contributed by atoms with Gasteiger partial charge in [0.1, 0.15) is 18.9 Å². The van der Waals surface area contributed by atoms with E-state index in [1.54, 1.807) is 34.1 Å². The lowest BCUT2D eigenvalue weighted by molar-refractivity contribution is -0.147. The third-order valence-corrected chi connectivity index (χ3v) is 6.31. The second-order valence-corrected chi connectivity index (χ2v) is 8.49. The number of amides is 5. The maximum Gasteiger partial charge on any atom is 0.325 e. The Morgan fingerprint density at radius 1 is 1.03 bits per heavy atom. The lowest BCUT2D eigenvalue weighted by atomic mass is 9.99. The molecule has 11 heteroatoms. The Balaban J connectivity index is 1.16. The molecule has 2 saturated heterocycles. The second-order valence-electron chi connectivity index (χ2n) is 8.49. The molecular weight excluding hydrogens is 444 g/mol. The van der Waals surface area contributed by atoms with Gasteiger partial charge in [-0.15, -0.1) is 0 Å². The van der Waals surface area contributed by atoms with Crippen LogP contribution in [-0.2, 0) is 19.9 Å². The van der Waals surface area contributed by atoms with Crippen molar-refractivity contribution in [1.82, 2.24) is 20.0 Å². The van der Waals surface area contributed by atoms with Gasteiger partial charge in [-0.2, -0.15) is 0 Å². The zero-order valence-corrected chi connectivity index (χ0v) is 18.6. The number of piperazine rings is 1. The van der Waals surface area contributed by atoms with Crippen LogP contribution in [0.4, 0.5) is 4.79 Å². The van der Waals surface area contributed by atoms with Crippen LogP contribution < -0.4 is 14.8 Å². The van der Waals surface area contributed by atoms with Crippen LogP contribution in [0, 0.1) is 0 Å². The Hall–Kier alpha value is -4.02. The van der Waals surface area contributed by atoms with E-state index in [0.717, 1.165) is 4.90 Å². The number of fused-ring (bicyclic) bond motifs is 1. The number of nitrogens with zero attached hydrogens (tertiary/aromatic N) is 3. The lowest BCUT2D eigenvalue weighted by Crippen LogP contribution is -2.56. The molecule has 5 amide bonds. The van der Waals surface area contributed by atoms with E-state index in [0.29, 0.717) is 30.3 Å². The van der Waals surface area contributed by atoms with Crippen molar-refractivity contribution in [3.8, 4) is 11.5 Å². The molecule has 0 radical (unpaired) electrons. The highest BCUT2D eigenvalue weighted by molar-refractivity contribution is 6.08. The van der Waals surface area contributed by atoms with Crippen molar-refractivity contribution in [2.45, 2.75) is 18.6 Å². The van der Waals surface area contributed by atoms with Gasteiger partial charge in [-0.05, 0) is 31.2 Å². The maximum atomic E-state index is 12.9. The second kappa shape index (κ2) is 8.40. The van der Waals surface area contributed by atoms with E-state index < -0.39 is 23.6 Å². The lowest BCUT2D eigenvalue weighted by Gasteiger charge is -2.37. The number of nitrogens with one attached hydrogen (secondary N) is 1. The predicted octanol–water partition coefficient (Wildman–Crippen LogP) is 0.557. The van der Waals surface area contributed by atoms with Crippen LogP contribution in [0.15, 0.2) is 47.1 Å². The Labute approximate surface area is 195 Å². The van der Waals surface area contributed by atoms with Gasteiger partial charge in [-0.25, -0.2) is 4.79 Å². The first-order valence-corrected chi connectivity index (χ1v) is 11.0. The summed E-state index contributed by atoms with van der Waals surface area (Å²) in [5.41, 5.74) is -1.35. The monoisotopic (exact) mass is 468 g/mol. The molecule has 1 aromatic carbocycles. The highest BCUT2D eigenvalue weighted by Crippen LogP contribution is 2.31. The molecule has 5 rings (SSSR count). The van der Waals surface area contributed by atoms with Crippen LogP contribution in [0.2, 0.25) is 0 Å². The number of urea groups is 1. The molecule has 3 aliphatic heterocycles. The summed E-state index contributed by atoms with van der Waals surface area (Å²) in [5.74, 6) is 0.297. The van der Waals surface area contributed by atoms with Gasteiger partial charge >= 0.3 is 6.03 Å². The van der Waals surface area contributed by atoms with Gasteiger partial charge < -0.3 is 29.0 Å². The largest absolute Gasteiger partial charge is 0.485 e. The average Bonchev–Trinajstić information content (AvgIpc) is 3.48. The summed E-state index contributed by atoms with van der Waals surface area (Å²) >= 11 is 0. The van der Waals surface area contributed by atoms with Crippen molar-refractivity contribution in [3.05, 3.63) is 48.4 Å². The normalized spacial score (nSPS) is 24.3. The first kappa shape index (κ1) is 21.8. The number of benzene rings is 1. The van der Waals surface area contributed by atoms with Gasteiger partial charge in [-0.1, -0.05) is 12.1 Å². The number of carbonyl (C=O) groups excluding carboxylic acids is 4. The Bertz CT molecular complexity index is 1130. The quantitative estimate of drug-likeness (QED) is 0.651. The molecule has 1 N–H and O–H groups in total. The number of para-hydroxylation sites is 2. The molecule has 0 unspecified atom stereocenters. The van der Waals surface area contributed by atoms with E-state index in [-0.39, 0.29) is 38.1 Å². The summed E-state index contributed by atoms with van der Waals surface area (Å²) in [6.45, 7) is 2.48. The maximum absolute atomic E-state index is 12.9. The van der Waals surface area contributed by atoms with Crippen LogP contribution in [0.1, 0.15) is 12.7 Å². The summed E-state index contributed by atoms with van der Waals surface area (Å²) < 4.78 is 16.7. The molecule has 34 heavy (non-hydrogen) atoms. The van der Waals surface area contributed by atoms with Gasteiger partial charge in [0, 0.05) is 26.2 Å². The average molecular weight is 468 g/mol. The summed E-state index contributed by atoms with van der Waals surface area (Å²) in [6.07, 6.45) is 0.667. The number of rotatable bonds is 4. The number of ether oxygens (including phenoxy) is 2. The topological polar surface area (TPSA) is 122 Å². The fourth-order valence-electron chi connectivity index (χ4n) is 4.33. The summed E-state index contributed by atoms with van der Waals surface area (Å²) in [5, 5.41) is 2.60. The standard InChI is InChI=1S/C23H24N4O7/c1-23(18-7-4-12-32-18)21(30)27(22(31)24-23)13-19(28)25-8-10-26(11-9-25)20(29)17-14-33-15-5-2-3-6-16(15)34-17/h2-7,12,17H,8-11,13-14H2,1H3,(H,24,31)/t17-,23+/m0/s1. The molecule has 1 aromatic heterocycles. The smallest absolute Gasteiger partial charge is 0.325 e. The third-order valence-electron chi connectivity index (χ3n) is 6.31. The number of hydrogen-bond donors (Lipinski definition) is 1. The molecule has 11 nitrogen and oxygen atoms in total. The minimum Gasteiger partial charge on any atom is -0.485 e. The Morgan fingerprint density at radius 2 is 1.74 bits per heavy atom. The number of carbonyl (C=O) groups is 4. The summed E-state index contributed by atoms with van der Waals surface area (Å²) in [7, 11) is 0. The fourth-order valence-corrected chi connectivity index (χ4v) is 4.33. The zero-order valence-electron chi connectivity index (χ0n) is 18.6. The van der Waals surface area contributed by atoms with Gasteiger partial charge in [0.05, 0.1) is 6.26 Å². The Kier molecular flexibility index (Phi) is 5.39. The summed E-state index contributed by atoms with van der Waals surface area (Å²) in [6, 6.07) is 9.73. The highest BCUT2D eigenvalue weighted by Gasteiger charge is 2.51. The van der Waals surface area contributed by atoms with Crippen molar-refractivity contribution in [1.29, 1.82) is 0 Å². The van der Waals surface area contributed by atoms with Gasteiger partial charge in [0.25, 0.3) is 11.8 Å². The van der Waals surface area contributed by atoms with Crippen LogP contribution in [0.5, 0.6) is 11.5 Å². The van der Waals surface area contributed by atoms with E-state index in [9.17, 15) is 19.2 Å². The molecule has 2 fully saturated rings. The van der Waals surface area contributed by atoms with Crippen LogP contribution in [-0.4, -0.2) is 83.9 Å².